The maximum atomic E-state index is 15.6. The molecule has 0 unspecified atom stereocenters. The minimum Gasteiger partial charge on any atom is -0.508 e. The van der Waals surface area contributed by atoms with Gasteiger partial charge in [-0.1, -0.05) is 89.4 Å². The molecule has 2 saturated heterocycles. The summed E-state index contributed by atoms with van der Waals surface area (Å²) in [6, 6.07) is 23.0. The summed E-state index contributed by atoms with van der Waals surface area (Å²) < 4.78 is 40.7. The Morgan fingerprint density at radius 3 is 2.32 bits per heavy atom. The number of fused-ring (bicyclic) bond motifs is 5. The molecule has 6 atom stereocenters. The van der Waals surface area contributed by atoms with Crippen LogP contribution in [0.3, 0.4) is 0 Å². The molecule has 2 aliphatic carbocycles. The third kappa shape index (κ3) is 5.85. The van der Waals surface area contributed by atoms with Crippen molar-refractivity contribution >= 4 is 81.7 Å². The van der Waals surface area contributed by atoms with Crippen molar-refractivity contribution in [1.82, 2.24) is 9.99 Å². The summed E-state index contributed by atoms with van der Waals surface area (Å²) >= 11 is 12.7. The van der Waals surface area contributed by atoms with Crippen LogP contribution in [0.15, 0.2) is 109 Å². The van der Waals surface area contributed by atoms with Crippen LogP contribution in [-0.4, -0.2) is 55.9 Å². The predicted molar refractivity (Wildman–Crippen MR) is 211 cm³/mol. The van der Waals surface area contributed by atoms with Gasteiger partial charge in [-0.25, -0.2) is 4.98 Å². The first-order chi connectivity index (χ1) is 28.1. The highest BCUT2D eigenvalue weighted by atomic mass is 35.5. The molecule has 17 heteroatoms. The second-order valence-electron chi connectivity index (χ2n) is 15.1. The minimum absolute atomic E-state index is 0.0540. The van der Waals surface area contributed by atoms with Crippen molar-refractivity contribution < 1.29 is 47.5 Å². The van der Waals surface area contributed by atoms with E-state index in [0.29, 0.717) is 44.2 Å². The van der Waals surface area contributed by atoms with E-state index < -0.39 is 88.3 Å². The standard InChI is InChI=1S/C42H30BCl2F3N4O7/c44-24-11-9-21(10-12-24)41-30(38(55)52(40(41)57)50-36-31(45)16-22(19-49-36)42(46,47)48)18-29-27(35(41)34-26-7-2-1-4-20(26)8-15-32(34)53)13-14-28-33(29)39(56)51(37(28)54)25-6-3-5-23(17-25)43(58)59/h1-13,15-17,19,28-30,33,35,53,58-59H,14,18H2,(H,49,50)/t28-,29+,30-,33-,35+,41+/m0/s1. The zero-order chi connectivity index (χ0) is 41.7. The third-order valence-corrected chi connectivity index (χ3v) is 12.8. The van der Waals surface area contributed by atoms with E-state index in [4.69, 9.17) is 23.2 Å². The van der Waals surface area contributed by atoms with Crippen LogP contribution in [0, 0.1) is 23.7 Å². The van der Waals surface area contributed by atoms with Gasteiger partial charge in [0.05, 0.1) is 39.4 Å². The van der Waals surface area contributed by atoms with Crippen molar-refractivity contribution in [2.45, 2.75) is 30.4 Å². The minimum atomic E-state index is -4.78. The Kier molecular flexibility index (Phi) is 9.16. The van der Waals surface area contributed by atoms with Crippen molar-refractivity contribution in [3.8, 4) is 5.75 Å². The highest BCUT2D eigenvalue weighted by Gasteiger charge is 2.71. The summed E-state index contributed by atoms with van der Waals surface area (Å²) in [5.41, 5.74) is 0.896. The number of pyridine rings is 1. The number of halogens is 5. The molecule has 3 fully saturated rings. The van der Waals surface area contributed by atoms with Crippen molar-refractivity contribution in [1.29, 1.82) is 0 Å². The van der Waals surface area contributed by atoms with E-state index >= 15 is 9.59 Å². The number of imide groups is 2. The molecule has 0 radical (unpaired) electrons. The van der Waals surface area contributed by atoms with Gasteiger partial charge in [0.15, 0.2) is 5.82 Å². The van der Waals surface area contributed by atoms with Crippen LogP contribution in [0.2, 0.25) is 10.0 Å². The Morgan fingerprint density at radius 1 is 0.864 bits per heavy atom. The average molecular weight is 841 g/mol. The van der Waals surface area contributed by atoms with Gasteiger partial charge < -0.3 is 15.2 Å². The molecule has 4 aromatic carbocycles. The van der Waals surface area contributed by atoms with E-state index in [-0.39, 0.29) is 35.3 Å². The highest BCUT2D eigenvalue weighted by Crippen LogP contribution is 2.65. The fraction of sp³-hybridized carbons (Fsp3) is 0.214. The van der Waals surface area contributed by atoms with E-state index in [1.165, 1.54) is 30.3 Å². The topological polar surface area (TPSA) is 160 Å². The predicted octanol–water partition coefficient (Wildman–Crippen LogP) is 6.14. The summed E-state index contributed by atoms with van der Waals surface area (Å²) in [5, 5.41) is 33.4. The number of carbonyl (C=O) groups is 4. The fourth-order valence-corrected chi connectivity index (χ4v) is 10.1. The van der Waals surface area contributed by atoms with Crippen molar-refractivity contribution in [2.24, 2.45) is 23.7 Å². The molecule has 9 rings (SSSR count). The molecule has 2 aliphatic heterocycles. The number of carbonyl (C=O) groups excluding carboxylic acids is 4. The Balaban J connectivity index is 1.26. The van der Waals surface area contributed by atoms with Crippen molar-refractivity contribution in [2.75, 3.05) is 10.3 Å². The number of nitrogens with one attached hydrogen (secondary N) is 1. The van der Waals surface area contributed by atoms with Crippen LogP contribution < -0.4 is 15.8 Å². The van der Waals surface area contributed by atoms with Crippen LogP contribution in [0.4, 0.5) is 24.7 Å². The number of alkyl halides is 3. The Morgan fingerprint density at radius 2 is 1.61 bits per heavy atom. The molecule has 0 spiro atoms. The first kappa shape index (κ1) is 38.8. The van der Waals surface area contributed by atoms with E-state index in [2.05, 4.69) is 10.4 Å². The summed E-state index contributed by atoms with van der Waals surface area (Å²) in [5.74, 6) is -8.62. The largest absolute Gasteiger partial charge is 0.508 e. The van der Waals surface area contributed by atoms with Gasteiger partial charge in [-0.15, -0.1) is 0 Å². The van der Waals surface area contributed by atoms with Gasteiger partial charge in [0.25, 0.3) is 11.8 Å². The molecule has 11 nitrogen and oxygen atoms in total. The van der Waals surface area contributed by atoms with Crippen LogP contribution in [-0.2, 0) is 30.8 Å². The fourth-order valence-electron chi connectivity index (χ4n) is 9.76. The number of hydrazine groups is 1. The zero-order valence-electron chi connectivity index (χ0n) is 30.4. The van der Waals surface area contributed by atoms with E-state index in [1.54, 1.807) is 54.6 Å². The maximum absolute atomic E-state index is 15.6. The number of phenols is 1. The molecule has 298 valence electrons. The van der Waals surface area contributed by atoms with Gasteiger partial charge in [-0.05, 0) is 77.0 Å². The molecular weight excluding hydrogens is 811 g/mol. The van der Waals surface area contributed by atoms with Crippen LogP contribution >= 0.6 is 23.2 Å². The first-order valence-electron chi connectivity index (χ1n) is 18.5. The summed E-state index contributed by atoms with van der Waals surface area (Å²) in [4.78, 5) is 64.3. The normalized spacial score (nSPS) is 25.2. The second-order valence-corrected chi connectivity index (χ2v) is 16.0. The number of amides is 4. The molecule has 1 aromatic heterocycles. The Bertz CT molecular complexity index is 2660. The number of rotatable bonds is 6. The molecule has 5 aromatic rings. The second kappa shape index (κ2) is 13.9. The molecule has 1 saturated carbocycles. The van der Waals surface area contributed by atoms with Crippen LogP contribution in [0.1, 0.15) is 35.4 Å². The number of benzene rings is 4. The SMILES string of the molecule is O=C1[C@@H]2C[C@@H]3C(=CC[C@@H]4C(=O)N(c5cccc(B(O)O)c5)C(=O)[C@@H]43)[C@H](c3c(O)ccc4ccccc34)[C@]2(c2ccc(Cl)cc2)C(=O)N1Nc1ncc(C(F)(F)F)cc1Cl. The number of aromatic nitrogens is 1. The number of hydrogen-bond acceptors (Lipinski definition) is 9. The van der Waals surface area contributed by atoms with E-state index in [1.807, 2.05) is 6.07 Å². The van der Waals surface area contributed by atoms with E-state index in [0.717, 1.165) is 4.90 Å². The molecule has 4 aliphatic rings. The molecular formula is C42H30BCl2F3N4O7. The molecule has 0 bridgehead atoms. The average Bonchev–Trinajstić information content (AvgIpc) is 3.59. The van der Waals surface area contributed by atoms with Gasteiger partial charge in [0.2, 0.25) is 11.8 Å². The first-order valence-corrected chi connectivity index (χ1v) is 19.3. The monoisotopic (exact) mass is 840 g/mol. The van der Waals surface area contributed by atoms with Crippen molar-refractivity contribution in [3.05, 3.63) is 136 Å². The molecule has 3 heterocycles. The van der Waals surface area contributed by atoms with Crippen LogP contribution in [0.25, 0.3) is 10.8 Å². The number of aromatic hydroxyl groups is 1. The maximum Gasteiger partial charge on any atom is 0.488 e. The lowest BCUT2D eigenvalue weighted by atomic mass is 9.48. The summed E-state index contributed by atoms with van der Waals surface area (Å²) in [6.07, 6.45) is -2.55. The van der Waals surface area contributed by atoms with Gasteiger partial charge in [-0.2, -0.15) is 18.2 Å². The highest BCUT2D eigenvalue weighted by molar-refractivity contribution is 6.58. The molecule has 4 N–H and O–H groups in total. The smallest absolute Gasteiger partial charge is 0.488 e. The molecule has 4 amide bonds. The Labute approximate surface area is 343 Å². The van der Waals surface area contributed by atoms with Gasteiger partial charge >= 0.3 is 13.3 Å². The van der Waals surface area contributed by atoms with Crippen molar-refractivity contribution in [3.63, 3.8) is 0 Å². The van der Waals surface area contributed by atoms with Gasteiger partial charge in [-0.3, -0.25) is 29.5 Å². The van der Waals surface area contributed by atoms with Gasteiger partial charge in [0, 0.05) is 22.7 Å². The lowest BCUT2D eigenvalue weighted by Crippen LogP contribution is -2.53. The lowest BCUT2D eigenvalue weighted by Gasteiger charge is -2.51. The molecule has 59 heavy (non-hydrogen) atoms. The number of allylic oxidation sites excluding steroid dienone is 2. The lowest BCUT2D eigenvalue weighted by molar-refractivity contribution is -0.139. The van der Waals surface area contributed by atoms with Crippen LogP contribution in [0.5, 0.6) is 5.75 Å². The zero-order valence-corrected chi connectivity index (χ0v) is 31.9. The Hall–Kier alpha value is -5.74. The summed E-state index contributed by atoms with van der Waals surface area (Å²) in [6.45, 7) is 0. The van der Waals surface area contributed by atoms with E-state index in [9.17, 15) is 37.9 Å². The summed E-state index contributed by atoms with van der Waals surface area (Å²) in [7, 11) is -1.87. The number of nitrogens with zero attached hydrogens (tertiary/aromatic N) is 3. The number of phenolic OH excluding ortho intramolecular Hbond substituents is 1. The van der Waals surface area contributed by atoms with Gasteiger partial charge in [0.1, 0.15) is 5.75 Å². The third-order valence-electron chi connectivity index (χ3n) is 12.2. The quantitative estimate of drug-likeness (QED) is 0.0896. The number of anilines is 2. The number of hydrogen-bond donors (Lipinski definition) is 4.